The van der Waals surface area contributed by atoms with Gasteiger partial charge in [-0.25, -0.2) is 4.39 Å². The number of benzene rings is 4. The molecule has 5 heteroatoms. The number of carbonyl (C=O) groups is 2. The molecule has 1 heterocycles. The number of amides is 1. The average Bonchev–Trinajstić information content (AvgIpc) is 3.30. The molecule has 0 atom stereocenters. The highest BCUT2D eigenvalue weighted by Gasteiger charge is 2.15. The summed E-state index contributed by atoms with van der Waals surface area (Å²) in [5, 5.41) is 3.92. The van der Waals surface area contributed by atoms with Crippen LogP contribution in [0.15, 0.2) is 103 Å². The highest BCUT2D eigenvalue weighted by molar-refractivity contribution is 7.20. The summed E-state index contributed by atoms with van der Waals surface area (Å²) in [7, 11) is 0. The standard InChI is InChI=1S/C28H18FNO2S/c29-22-14-15-24(30-28(32)26-16-21-8-4-5-9-25(21)33-26)23(17-22)18-10-12-20(13-11-18)27(31)19-6-2-1-3-7-19/h1-17H,(H,30,32). The third-order valence-corrected chi connectivity index (χ3v) is 6.49. The number of hydrogen-bond donors (Lipinski definition) is 1. The average molecular weight is 452 g/mol. The van der Waals surface area contributed by atoms with E-state index >= 15 is 0 Å². The van der Waals surface area contributed by atoms with Crippen LogP contribution in [-0.2, 0) is 0 Å². The van der Waals surface area contributed by atoms with E-state index in [0.717, 1.165) is 10.1 Å². The van der Waals surface area contributed by atoms with Crippen LogP contribution in [0.4, 0.5) is 10.1 Å². The number of carbonyl (C=O) groups excluding carboxylic acids is 2. The van der Waals surface area contributed by atoms with E-state index < -0.39 is 5.82 Å². The summed E-state index contributed by atoms with van der Waals surface area (Å²) in [6.45, 7) is 0. The van der Waals surface area contributed by atoms with E-state index in [-0.39, 0.29) is 11.7 Å². The van der Waals surface area contributed by atoms with Crippen LogP contribution in [0.1, 0.15) is 25.6 Å². The summed E-state index contributed by atoms with van der Waals surface area (Å²) in [5.74, 6) is -0.742. The minimum Gasteiger partial charge on any atom is -0.321 e. The number of ketones is 1. The fraction of sp³-hybridized carbons (Fsp3) is 0. The number of thiophene rings is 1. The molecule has 0 aliphatic rings. The highest BCUT2D eigenvalue weighted by atomic mass is 32.1. The van der Waals surface area contributed by atoms with E-state index in [1.54, 1.807) is 42.5 Å². The fourth-order valence-electron chi connectivity index (χ4n) is 3.70. The number of fused-ring (bicyclic) bond motifs is 1. The molecule has 0 fully saturated rings. The number of anilines is 1. The Hall–Kier alpha value is -4.09. The maximum Gasteiger partial charge on any atom is 0.265 e. The van der Waals surface area contributed by atoms with Crippen LogP contribution in [0.3, 0.4) is 0 Å². The first-order valence-corrected chi connectivity index (χ1v) is 11.2. The van der Waals surface area contributed by atoms with Gasteiger partial charge < -0.3 is 5.32 Å². The van der Waals surface area contributed by atoms with E-state index in [4.69, 9.17) is 0 Å². The molecule has 5 aromatic rings. The second-order valence-electron chi connectivity index (χ2n) is 7.57. The van der Waals surface area contributed by atoms with Crippen molar-refractivity contribution in [1.29, 1.82) is 0 Å². The monoisotopic (exact) mass is 451 g/mol. The maximum absolute atomic E-state index is 14.1. The zero-order valence-corrected chi connectivity index (χ0v) is 18.2. The molecule has 0 radical (unpaired) electrons. The van der Waals surface area contributed by atoms with E-state index in [2.05, 4.69) is 5.32 Å². The molecule has 0 unspecified atom stereocenters. The van der Waals surface area contributed by atoms with E-state index in [0.29, 0.717) is 32.8 Å². The smallest absolute Gasteiger partial charge is 0.265 e. The van der Waals surface area contributed by atoms with Gasteiger partial charge in [0.15, 0.2) is 5.78 Å². The van der Waals surface area contributed by atoms with Crippen molar-refractivity contribution in [1.82, 2.24) is 0 Å². The zero-order valence-electron chi connectivity index (χ0n) is 17.4. The summed E-state index contributed by atoms with van der Waals surface area (Å²) in [5.41, 5.74) is 2.89. The lowest BCUT2D eigenvalue weighted by Gasteiger charge is -2.12. The predicted octanol–water partition coefficient (Wildman–Crippen LogP) is 7.19. The van der Waals surface area contributed by atoms with Gasteiger partial charge in [-0.15, -0.1) is 11.3 Å². The zero-order chi connectivity index (χ0) is 22.8. The Morgan fingerprint density at radius 3 is 2.18 bits per heavy atom. The number of halogens is 1. The first kappa shape index (κ1) is 20.8. The molecule has 4 aromatic carbocycles. The molecule has 0 aliphatic carbocycles. The predicted molar refractivity (Wildman–Crippen MR) is 131 cm³/mol. The molecule has 3 nitrogen and oxygen atoms in total. The number of nitrogens with one attached hydrogen (secondary N) is 1. The normalized spacial score (nSPS) is 10.8. The molecule has 0 saturated heterocycles. The number of rotatable bonds is 5. The highest BCUT2D eigenvalue weighted by Crippen LogP contribution is 2.31. The summed E-state index contributed by atoms with van der Waals surface area (Å²) in [4.78, 5) is 26.2. The molecule has 0 bridgehead atoms. The second-order valence-corrected chi connectivity index (χ2v) is 8.65. The van der Waals surface area contributed by atoms with Gasteiger partial charge in [0.25, 0.3) is 5.91 Å². The van der Waals surface area contributed by atoms with Gasteiger partial charge in [0.2, 0.25) is 0 Å². The van der Waals surface area contributed by atoms with Crippen LogP contribution < -0.4 is 5.32 Å². The van der Waals surface area contributed by atoms with Crippen LogP contribution in [0.2, 0.25) is 0 Å². The maximum atomic E-state index is 14.1. The summed E-state index contributed by atoms with van der Waals surface area (Å²) in [6, 6.07) is 29.9. The van der Waals surface area contributed by atoms with Gasteiger partial charge in [0.1, 0.15) is 5.82 Å². The quantitative estimate of drug-likeness (QED) is 0.287. The Bertz CT molecular complexity index is 1440. The van der Waals surface area contributed by atoms with Gasteiger partial charge in [-0.2, -0.15) is 0 Å². The molecular weight excluding hydrogens is 433 g/mol. The van der Waals surface area contributed by atoms with Gasteiger partial charge in [-0.1, -0.05) is 72.8 Å². The summed E-state index contributed by atoms with van der Waals surface area (Å²) >= 11 is 1.41. The lowest BCUT2D eigenvalue weighted by atomic mass is 9.98. The molecule has 0 spiro atoms. The SMILES string of the molecule is O=C(c1ccccc1)c1ccc(-c2cc(F)ccc2NC(=O)c2cc3ccccc3s2)cc1. The Labute approximate surface area is 194 Å². The topological polar surface area (TPSA) is 46.2 Å². The third-order valence-electron chi connectivity index (χ3n) is 5.37. The van der Waals surface area contributed by atoms with Crippen molar-refractivity contribution in [3.63, 3.8) is 0 Å². The van der Waals surface area contributed by atoms with E-state index in [1.807, 2.05) is 48.5 Å². The van der Waals surface area contributed by atoms with Crippen LogP contribution >= 0.6 is 11.3 Å². The Morgan fingerprint density at radius 1 is 0.727 bits per heavy atom. The van der Waals surface area contributed by atoms with Gasteiger partial charge in [-0.05, 0) is 41.3 Å². The van der Waals surface area contributed by atoms with Crippen molar-refractivity contribution in [3.05, 3.63) is 125 Å². The van der Waals surface area contributed by atoms with E-state index in [1.165, 1.54) is 23.5 Å². The molecule has 5 rings (SSSR count). The van der Waals surface area contributed by atoms with Crippen LogP contribution in [0.5, 0.6) is 0 Å². The van der Waals surface area contributed by atoms with Crippen molar-refractivity contribution in [2.45, 2.75) is 0 Å². The number of hydrogen-bond acceptors (Lipinski definition) is 3. The molecule has 1 aromatic heterocycles. The molecular formula is C28H18FNO2S. The summed E-state index contributed by atoms with van der Waals surface area (Å²) < 4.78 is 15.1. The first-order chi connectivity index (χ1) is 16.1. The molecule has 0 aliphatic heterocycles. The van der Waals surface area contributed by atoms with Crippen LogP contribution in [0, 0.1) is 5.82 Å². The Balaban J connectivity index is 1.43. The third kappa shape index (κ3) is 4.31. The van der Waals surface area contributed by atoms with Gasteiger partial charge in [-0.3, -0.25) is 9.59 Å². The van der Waals surface area contributed by atoms with Crippen molar-refractivity contribution in [2.24, 2.45) is 0 Å². The van der Waals surface area contributed by atoms with Gasteiger partial charge in [0, 0.05) is 27.1 Å². The van der Waals surface area contributed by atoms with Gasteiger partial charge >= 0.3 is 0 Å². The Kier molecular flexibility index (Phi) is 5.55. The van der Waals surface area contributed by atoms with Crippen molar-refractivity contribution < 1.29 is 14.0 Å². The van der Waals surface area contributed by atoms with Crippen molar-refractivity contribution in [3.8, 4) is 11.1 Å². The minimum atomic E-state index is -0.408. The largest absolute Gasteiger partial charge is 0.321 e. The summed E-state index contributed by atoms with van der Waals surface area (Å²) in [6.07, 6.45) is 0. The second kappa shape index (κ2) is 8.81. The Morgan fingerprint density at radius 2 is 1.42 bits per heavy atom. The fourth-order valence-corrected chi connectivity index (χ4v) is 4.66. The first-order valence-electron chi connectivity index (χ1n) is 10.4. The minimum absolute atomic E-state index is 0.0836. The lowest BCUT2D eigenvalue weighted by molar-refractivity contribution is 0.102. The van der Waals surface area contributed by atoms with E-state index in [9.17, 15) is 14.0 Å². The molecule has 160 valence electrons. The molecule has 0 saturated carbocycles. The van der Waals surface area contributed by atoms with Gasteiger partial charge in [0.05, 0.1) is 4.88 Å². The molecule has 1 N–H and O–H groups in total. The van der Waals surface area contributed by atoms with Crippen molar-refractivity contribution in [2.75, 3.05) is 5.32 Å². The lowest BCUT2D eigenvalue weighted by Crippen LogP contribution is -2.11. The molecule has 1 amide bonds. The van der Waals surface area contributed by atoms with Crippen LogP contribution in [-0.4, -0.2) is 11.7 Å². The van der Waals surface area contributed by atoms with Crippen LogP contribution in [0.25, 0.3) is 21.2 Å². The molecule has 33 heavy (non-hydrogen) atoms. The van der Waals surface area contributed by atoms with Crippen molar-refractivity contribution >= 4 is 38.8 Å².